The van der Waals surface area contributed by atoms with Crippen molar-refractivity contribution >= 4 is 11.6 Å². The summed E-state index contributed by atoms with van der Waals surface area (Å²) in [6, 6.07) is 24.9. The van der Waals surface area contributed by atoms with Crippen LogP contribution in [-0.4, -0.2) is 31.2 Å². The van der Waals surface area contributed by atoms with Crippen LogP contribution in [0.25, 0.3) is 0 Å². The lowest BCUT2D eigenvalue weighted by molar-refractivity contribution is -0.116. The first-order chi connectivity index (χ1) is 16.1. The summed E-state index contributed by atoms with van der Waals surface area (Å²) in [4.78, 5) is 13.1. The highest BCUT2D eigenvalue weighted by atomic mass is 19.1. The Morgan fingerprint density at radius 1 is 1.03 bits per heavy atom. The topological polar surface area (TPSA) is 50.4 Å². The van der Waals surface area contributed by atoms with Crippen LogP contribution in [0.15, 0.2) is 78.9 Å². The Hall–Kier alpha value is -3.02. The van der Waals surface area contributed by atoms with E-state index in [9.17, 15) is 9.18 Å². The summed E-state index contributed by atoms with van der Waals surface area (Å²) < 4.78 is 20.5. The summed E-state index contributed by atoms with van der Waals surface area (Å²) >= 11 is 0. The van der Waals surface area contributed by atoms with E-state index < -0.39 is 0 Å². The van der Waals surface area contributed by atoms with Crippen LogP contribution in [0, 0.1) is 12.7 Å². The molecule has 1 amide bonds. The van der Waals surface area contributed by atoms with Crippen LogP contribution in [0.2, 0.25) is 0 Å². The summed E-state index contributed by atoms with van der Waals surface area (Å²) in [5, 5.41) is 6.25. The first kappa shape index (κ1) is 23.1. The van der Waals surface area contributed by atoms with Gasteiger partial charge in [-0.1, -0.05) is 66.7 Å². The quantitative estimate of drug-likeness (QED) is 0.507. The maximum absolute atomic E-state index is 14.7. The van der Waals surface area contributed by atoms with Crippen LogP contribution in [0.1, 0.15) is 35.4 Å². The fraction of sp³-hybridized carbons (Fsp3) is 0.286. The van der Waals surface area contributed by atoms with E-state index in [4.69, 9.17) is 4.74 Å². The van der Waals surface area contributed by atoms with E-state index in [0.29, 0.717) is 37.2 Å². The predicted molar refractivity (Wildman–Crippen MR) is 130 cm³/mol. The van der Waals surface area contributed by atoms with E-state index in [2.05, 4.69) is 17.6 Å². The minimum atomic E-state index is -0.311. The van der Waals surface area contributed by atoms with Gasteiger partial charge in [-0.15, -0.1) is 0 Å². The van der Waals surface area contributed by atoms with Crippen molar-refractivity contribution in [1.29, 1.82) is 0 Å². The van der Waals surface area contributed by atoms with E-state index in [0.717, 1.165) is 11.1 Å². The van der Waals surface area contributed by atoms with Gasteiger partial charge in [-0.25, -0.2) is 4.39 Å². The molecule has 4 nitrogen and oxygen atoms in total. The van der Waals surface area contributed by atoms with E-state index in [1.54, 1.807) is 12.1 Å². The molecule has 1 aliphatic heterocycles. The Labute approximate surface area is 195 Å². The van der Waals surface area contributed by atoms with Gasteiger partial charge in [-0.3, -0.25) is 4.79 Å². The molecule has 0 aromatic heterocycles. The number of nitrogens with one attached hydrogen (secondary N) is 2. The number of benzene rings is 3. The van der Waals surface area contributed by atoms with E-state index in [1.807, 2.05) is 60.7 Å². The Kier molecular flexibility index (Phi) is 7.87. The van der Waals surface area contributed by atoms with Crippen molar-refractivity contribution in [2.45, 2.75) is 37.3 Å². The summed E-state index contributed by atoms with van der Waals surface area (Å²) in [5.74, 6) is -0.536. The Balaban J connectivity index is 1.46. The number of carbonyl (C=O) groups is 1. The van der Waals surface area contributed by atoms with Crippen molar-refractivity contribution < 1.29 is 13.9 Å². The van der Waals surface area contributed by atoms with E-state index in [1.165, 1.54) is 6.07 Å². The SMILES string of the molecule is [CH2][C@H]1CO[C@H](CCc2c(F)cccc2NC(=O)CC(c2ccccc2)c2ccccc2)CN1. The minimum absolute atomic E-state index is 0.00620. The molecule has 1 heterocycles. The van der Waals surface area contributed by atoms with Crippen LogP contribution < -0.4 is 10.6 Å². The van der Waals surface area contributed by atoms with Crippen LogP contribution in [0.5, 0.6) is 0 Å². The third kappa shape index (κ3) is 6.28. The van der Waals surface area contributed by atoms with Gasteiger partial charge in [0.05, 0.1) is 12.7 Å². The van der Waals surface area contributed by atoms with Gasteiger partial charge in [-0.05, 0) is 43.0 Å². The number of hydrogen-bond donors (Lipinski definition) is 2. The highest BCUT2D eigenvalue weighted by Gasteiger charge is 2.21. The molecule has 0 saturated carbocycles. The Bertz CT molecular complexity index is 995. The van der Waals surface area contributed by atoms with Crippen molar-refractivity contribution in [1.82, 2.24) is 5.32 Å². The van der Waals surface area contributed by atoms with Gasteiger partial charge in [0.25, 0.3) is 0 Å². The second kappa shape index (κ2) is 11.2. The number of amides is 1. The Morgan fingerprint density at radius 2 is 1.70 bits per heavy atom. The number of carbonyl (C=O) groups excluding carboxylic acids is 1. The van der Waals surface area contributed by atoms with Gasteiger partial charge in [0.1, 0.15) is 5.82 Å². The molecule has 4 rings (SSSR count). The normalized spacial score (nSPS) is 18.3. The molecule has 1 saturated heterocycles. The molecule has 0 unspecified atom stereocenters. The molecule has 1 fully saturated rings. The average molecular weight is 446 g/mol. The van der Waals surface area contributed by atoms with Crippen molar-refractivity contribution in [2.24, 2.45) is 0 Å². The van der Waals surface area contributed by atoms with Crippen molar-refractivity contribution in [3.63, 3.8) is 0 Å². The second-order valence-electron chi connectivity index (χ2n) is 8.49. The monoisotopic (exact) mass is 445 g/mol. The molecule has 1 aliphatic rings. The van der Waals surface area contributed by atoms with Crippen molar-refractivity contribution in [3.05, 3.63) is 108 Å². The molecule has 3 aromatic rings. The summed E-state index contributed by atoms with van der Waals surface area (Å²) in [6.45, 7) is 5.18. The third-order valence-electron chi connectivity index (χ3n) is 6.07. The molecule has 5 heteroatoms. The van der Waals surface area contributed by atoms with Crippen molar-refractivity contribution in [3.8, 4) is 0 Å². The molecule has 2 N–H and O–H groups in total. The molecule has 171 valence electrons. The zero-order chi connectivity index (χ0) is 23.0. The van der Waals surface area contributed by atoms with Crippen LogP contribution >= 0.6 is 0 Å². The predicted octanol–water partition coefficient (Wildman–Crippen LogP) is 5.11. The number of anilines is 1. The molecule has 3 aromatic carbocycles. The van der Waals surface area contributed by atoms with Gasteiger partial charge in [0.15, 0.2) is 0 Å². The van der Waals surface area contributed by atoms with Crippen LogP contribution in [0.3, 0.4) is 0 Å². The summed E-state index contributed by atoms with van der Waals surface area (Å²) in [6.07, 6.45) is 1.42. The third-order valence-corrected chi connectivity index (χ3v) is 6.07. The summed E-state index contributed by atoms with van der Waals surface area (Å²) in [5.41, 5.74) is 3.19. The average Bonchev–Trinajstić information content (AvgIpc) is 2.84. The van der Waals surface area contributed by atoms with Crippen LogP contribution in [0.4, 0.5) is 10.1 Å². The second-order valence-corrected chi connectivity index (χ2v) is 8.49. The largest absolute Gasteiger partial charge is 0.375 e. The first-order valence-corrected chi connectivity index (χ1v) is 11.5. The fourth-order valence-corrected chi connectivity index (χ4v) is 4.27. The lowest BCUT2D eigenvalue weighted by Crippen LogP contribution is -2.45. The van der Waals surface area contributed by atoms with Gasteiger partial charge in [0.2, 0.25) is 5.91 Å². The minimum Gasteiger partial charge on any atom is -0.375 e. The highest BCUT2D eigenvalue weighted by molar-refractivity contribution is 5.92. The molecule has 0 spiro atoms. The molecule has 0 aliphatic carbocycles. The van der Waals surface area contributed by atoms with Crippen LogP contribution in [-0.2, 0) is 16.0 Å². The molecule has 1 radical (unpaired) electrons. The zero-order valence-corrected chi connectivity index (χ0v) is 18.7. The van der Waals surface area contributed by atoms with Gasteiger partial charge in [0, 0.05) is 36.2 Å². The van der Waals surface area contributed by atoms with E-state index in [-0.39, 0.29) is 36.2 Å². The summed E-state index contributed by atoms with van der Waals surface area (Å²) in [7, 11) is 0. The first-order valence-electron chi connectivity index (χ1n) is 11.5. The smallest absolute Gasteiger partial charge is 0.225 e. The molecule has 33 heavy (non-hydrogen) atoms. The number of rotatable bonds is 8. The number of ether oxygens (including phenoxy) is 1. The lowest BCUT2D eigenvalue weighted by atomic mass is 9.88. The molecule has 2 atom stereocenters. The number of halogens is 1. The van der Waals surface area contributed by atoms with E-state index >= 15 is 0 Å². The van der Waals surface area contributed by atoms with Gasteiger partial charge in [-0.2, -0.15) is 0 Å². The molecular weight excluding hydrogens is 415 g/mol. The lowest BCUT2D eigenvalue weighted by Gasteiger charge is -2.28. The maximum atomic E-state index is 14.7. The van der Waals surface area contributed by atoms with Gasteiger partial charge < -0.3 is 15.4 Å². The number of morpholine rings is 1. The Morgan fingerprint density at radius 3 is 2.30 bits per heavy atom. The zero-order valence-electron chi connectivity index (χ0n) is 18.7. The van der Waals surface area contributed by atoms with Crippen molar-refractivity contribution in [2.75, 3.05) is 18.5 Å². The van der Waals surface area contributed by atoms with Gasteiger partial charge >= 0.3 is 0 Å². The fourth-order valence-electron chi connectivity index (χ4n) is 4.27. The highest BCUT2D eigenvalue weighted by Crippen LogP contribution is 2.29. The molecule has 0 bridgehead atoms. The standard InChI is InChI=1S/C28H30FN2O2/c1-20-19-33-23(18-30-20)15-16-24-26(29)13-8-14-27(24)31-28(32)17-25(21-9-4-2-5-10-21)22-11-6-3-7-12-22/h2-14,20,23,25,30H,1,15-19H2,(H,31,32)/t20-,23+/m0/s1. The molecular formula is C28H30FN2O2. The maximum Gasteiger partial charge on any atom is 0.225 e. The number of hydrogen-bond acceptors (Lipinski definition) is 3.